The quantitative estimate of drug-likeness (QED) is 0.750. The van der Waals surface area contributed by atoms with E-state index < -0.39 is 0 Å². The largest absolute Gasteiger partial charge is 0.497 e. The van der Waals surface area contributed by atoms with Gasteiger partial charge in [-0.15, -0.1) is 0 Å². The number of carbonyl (C=O) groups is 2. The zero-order valence-corrected chi connectivity index (χ0v) is 17.8. The SMILES string of the molecule is COc1ccc(N2CCCN(C(=O)C3CC(=O)N(c4cccc(Cl)c4)C3)CC2)cc1. The van der Waals surface area contributed by atoms with Gasteiger partial charge in [-0.1, -0.05) is 17.7 Å². The zero-order chi connectivity index (χ0) is 21.1. The molecule has 2 aliphatic rings. The standard InChI is InChI=1S/C23H26ClN3O3/c1-30-21-8-6-19(7-9-21)25-10-3-11-26(13-12-25)23(29)17-14-22(28)27(16-17)20-5-2-4-18(24)15-20/h2,4-9,15,17H,3,10-14,16H2,1H3. The second-order valence-electron chi connectivity index (χ2n) is 7.75. The molecule has 0 aliphatic carbocycles. The van der Waals surface area contributed by atoms with E-state index in [0.29, 0.717) is 24.7 Å². The molecular weight excluding hydrogens is 402 g/mol. The molecule has 1 unspecified atom stereocenters. The number of carbonyl (C=O) groups excluding carboxylic acids is 2. The van der Waals surface area contributed by atoms with Gasteiger partial charge in [-0.2, -0.15) is 0 Å². The Morgan fingerprint density at radius 2 is 1.83 bits per heavy atom. The van der Waals surface area contributed by atoms with Gasteiger partial charge in [0.1, 0.15) is 5.75 Å². The van der Waals surface area contributed by atoms with Crippen LogP contribution in [0.25, 0.3) is 0 Å². The molecule has 2 fully saturated rings. The molecule has 2 aromatic carbocycles. The van der Waals surface area contributed by atoms with Gasteiger partial charge < -0.3 is 19.4 Å². The van der Waals surface area contributed by atoms with Crippen LogP contribution in [0, 0.1) is 5.92 Å². The lowest BCUT2D eigenvalue weighted by Crippen LogP contribution is -2.40. The Morgan fingerprint density at radius 3 is 2.57 bits per heavy atom. The predicted molar refractivity (Wildman–Crippen MR) is 118 cm³/mol. The summed E-state index contributed by atoms with van der Waals surface area (Å²) in [5.74, 6) is 0.583. The van der Waals surface area contributed by atoms with E-state index >= 15 is 0 Å². The van der Waals surface area contributed by atoms with Gasteiger partial charge in [0, 0.05) is 55.5 Å². The maximum Gasteiger partial charge on any atom is 0.228 e. The molecule has 0 aromatic heterocycles. The molecule has 2 aliphatic heterocycles. The number of nitrogens with zero attached hydrogens (tertiary/aromatic N) is 3. The van der Waals surface area contributed by atoms with Crippen LogP contribution in [0.2, 0.25) is 5.02 Å². The van der Waals surface area contributed by atoms with E-state index in [9.17, 15) is 9.59 Å². The maximum atomic E-state index is 13.2. The molecule has 4 rings (SSSR count). The number of anilines is 2. The Labute approximate surface area is 182 Å². The number of methoxy groups -OCH3 is 1. The predicted octanol–water partition coefficient (Wildman–Crippen LogP) is 3.44. The summed E-state index contributed by atoms with van der Waals surface area (Å²) < 4.78 is 5.23. The summed E-state index contributed by atoms with van der Waals surface area (Å²) in [6.07, 6.45) is 1.15. The number of amides is 2. The Bertz CT molecular complexity index is 918. The van der Waals surface area contributed by atoms with Crippen LogP contribution in [0.1, 0.15) is 12.8 Å². The third kappa shape index (κ3) is 4.38. The van der Waals surface area contributed by atoms with Crippen molar-refractivity contribution in [3.05, 3.63) is 53.6 Å². The van der Waals surface area contributed by atoms with Crippen molar-refractivity contribution in [3.8, 4) is 5.75 Å². The first-order valence-electron chi connectivity index (χ1n) is 10.3. The normalized spacial score (nSPS) is 19.7. The Morgan fingerprint density at radius 1 is 1.03 bits per heavy atom. The van der Waals surface area contributed by atoms with Crippen molar-refractivity contribution in [2.45, 2.75) is 12.8 Å². The fourth-order valence-electron chi connectivity index (χ4n) is 4.21. The molecule has 0 N–H and O–H groups in total. The lowest BCUT2D eigenvalue weighted by molar-refractivity contribution is -0.135. The molecule has 2 heterocycles. The van der Waals surface area contributed by atoms with Crippen LogP contribution in [0.15, 0.2) is 48.5 Å². The van der Waals surface area contributed by atoms with Crippen molar-refractivity contribution in [2.75, 3.05) is 49.6 Å². The number of ether oxygens (including phenoxy) is 1. The molecule has 2 saturated heterocycles. The fraction of sp³-hybridized carbons (Fsp3) is 0.391. The van der Waals surface area contributed by atoms with E-state index in [4.69, 9.17) is 16.3 Å². The van der Waals surface area contributed by atoms with E-state index in [1.54, 1.807) is 24.1 Å². The third-order valence-electron chi connectivity index (χ3n) is 5.84. The van der Waals surface area contributed by atoms with E-state index in [0.717, 1.165) is 36.6 Å². The Hall–Kier alpha value is -2.73. The Balaban J connectivity index is 1.38. The zero-order valence-electron chi connectivity index (χ0n) is 17.1. The molecule has 2 aromatic rings. The molecule has 6 nitrogen and oxygen atoms in total. The fourth-order valence-corrected chi connectivity index (χ4v) is 4.40. The number of rotatable bonds is 4. The van der Waals surface area contributed by atoms with Crippen molar-refractivity contribution in [1.29, 1.82) is 0 Å². The first-order valence-corrected chi connectivity index (χ1v) is 10.7. The summed E-state index contributed by atoms with van der Waals surface area (Å²) in [5.41, 5.74) is 1.89. The molecule has 0 radical (unpaired) electrons. The number of halogens is 1. The van der Waals surface area contributed by atoms with Crippen molar-refractivity contribution in [1.82, 2.24) is 4.90 Å². The number of hydrogen-bond acceptors (Lipinski definition) is 4. The molecule has 0 spiro atoms. The monoisotopic (exact) mass is 427 g/mol. The summed E-state index contributed by atoms with van der Waals surface area (Å²) in [5, 5.41) is 0.584. The van der Waals surface area contributed by atoms with Gasteiger partial charge in [-0.05, 0) is 48.9 Å². The highest BCUT2D eigenvalue weighted by Crippen LogP contribution is 2.29. The summed E-state index contributed by atoms with van der Waals surface area (Å²) in [6.45, 7) is 3.46. The van der Waals surface area contributed by atoms with E-state index in [1.807, 2.05) is 29.2 Å². The van der Waals surface area contributed by atoms with Crippen LogP contribution in [0.5, 0.6) is 5.75 Å². The second-order valence-corrected chi connectivity index (χ2v) is 8.19. The molecule has 30 heavy (non-hydrogen) atoms. The highest BCUT2D eigenvalue weighted by molar-refractivity contribution is 6.31. The van der Waals surface area contributed by atoms with Crippen LogP contribution in [-0.4, -0.2) is 56.5 Å². The van der Waals surface area contributed by atoms with Gasteiger partial charge in [0.25, 0.3) is 0 Å². The smallest absolute Gasteiger partial charge is 0.228 e. The number of hydrogen-bond donors (Lipinski definition) is 0. The van der Waals surface area contributed by atoms with Gasteiger partial charge in [-0.3, -0.25) is 9.59 Å². The minimum Gasteiger partial charge on any atom is -0.497 e. The topological polar surface area (TPSA) is 53.1 Å². The molecule has 2 amide bonds. The van der Waals surface area contributed by atoms with Crippen LogP contribution < -0.4 is 14.5 Å². The van der Waals surface area contributed by atoms with Crippen LogP contribution in [0.4, 0.5) is 11.4 Å². The Kier molecular flexibility index (Phi) is 6.13. The van der Waals surface area contributed by atoms with Crippen molar-refractivity contribution >= 4 is 34.8 Å². The summed E-state index contributed by atoms with van der Waals surface area (Å²) in [6, 6.07) is 15.2. The van der Waals surface area contributed by atoms with Crippen LogP contribution >= 0.6 is 11.6 Å². The van der Waals surface area contributed by atoms with Crippen molar-refractivity contribution in [2.24, 2.45) is 5.92 Å². The molecule has 158 valence electrons. The van der Waals surface area contributed by atoms with Crippen LogP contribution in [0.3, 0.4) is 0 Å². The molecule has 7 heteroatoms. The summed E-state index contributed by atoms with van der Waals surface area (Å²) >= 11 is 6.07. The number of benzene rings is 2. The molecule has 0 saturated carbocycles. The van der Waals surface area contributed by atoms with Gasteiger partial charge in [-0.25, -0.2) is 0 Å². The summed E-state index contributed by atoms with van der Waals surface area (Å²) in [7, 11) is 1.66. The average molecular weight is 428 g/mol. The average Bonchev–Trinajstić information content (AvgIpc) is 2.99. The first kappa shape index (κ1) is 20.5. The first-order chi connectivity index (χ1) is 14.5. The minimum atomic E-state index is -0.302. The lowest BCUT2D eigenvalue weighted by atomic mass is 10.1. The highest BCUT2D eigenvalue weighted by Gasteiger charge is 2.37. The van der Waals surface area contributed by atoms with Crippen molar-refractivity contribution in [3.63, 3.8) is 0 Å². The molecule has 0 bridgehead atoms. The third-order valence-corrected chi connectivity index (χ3v) is 6.07. The van der Waals surface area contributed by atoms with E-state index in [1.165, 1.54) is 0 Å². The maximum absolute atomic E-state index is 13.2. The van der Waals surface area contributed by atoms with E-state index in [2.05, 4.69) is 17.0 Å². The van der Waals surface area contributed by atoms with Crippen molar-refractivity contribution < 1.29 is 14.3 Å². The van der Waals surface area contributed by atoms with Gasteiger partial charge in [0.15, 0.2) is 0 Å². The summed E-state index contributed by atoms with van der Waals surface area (Å²) in [4.78, 5) is 31.6. The van der Waals surface area contributed by atoms with E-state index in [-0.39, 0.29) is 24.2 Å². The second kappa shape index (κ2) is 8.96. The minimum absolute atomic E-state index is 0.0229. The lowest BCUT2D eigenvalue weighted by Gasteiger charge is -2.25. The molecular formula is C23H26ClN3O3. The van der Waals surface area contributed by atoms with Gasteiger partial charge in [0.05, 0.1) is 13.0 Å². The van der Waals surface area contributed by atoms with Gasteiger partial charge in [0.2, 0.25) is 11.8 Å². The van der Waals surface area contributed by atoms with Crippen LogP contribution in [-0.2, 0) is 9.59 Å². The van der Waals surface area contributed by atoms with Gasteiger partial charge >= 0.3 is 0 Å². The molecule has 1 atom stereocenters. The highest BCUT2D eigenvalue weighted by atomic mass is 35.5.